The Labute approximate surface area is 91.5 Å². The van der Waals surface area contributed by atoms with E-state index in [4.69, 9.17) is 9.52 Å². The molecule has 0 saturated carbocycles. The molecule has 1 unspecified atom stereocenters. The summed E-state index contributed by atoms with van der Waals surface area (Å²) in [7, 11) is 1.61. The first-order valence-electron chi connectivity index (χ1n) is 4.77. The molecule has 16 heavy (non-hydrogen) atoms. The van der Waals surface area contributed by atoms with E-state index in [0.29, 0.717) is 11.2 Å². The van der Waals surface area contributed by atoms with Crippen molar-refractivity contribution < 1.29 is 14.3 Å². The van der Waals surface area contributed by atoms with Crippen molar-refractivity contribution in [3.63, 3.8) is 0 Å². The molecule has 0 saturated heterocycles. The molecule has 2 aromatic rings. The zero-order valence-electron chi connectivity index (χ0n) is 8.91. The summed E-state index contributed by atoms with van der Waals surface area (Å²) in [5.41, 5.74) is 1.02. The Morgan fingerprint density at radius 3 is 3.00 bits per heavy atom. The molecule has 2 heterocycles. The van der Waals surface area contributed by atoms with Crippen LogP contribution in [0, 0.1) is 0 Å². The number of oxazole rings is 1. The maximum Gasteiger partial charge on any atom is 0.326 e. The van der Waals surface area contributed by atoms with E-state index in [-0.39, 0.29) is 6.01 Å². The van der Waals surface area contributed by atoms with Gasteiger partial charge in [0.2, 0.25) is 5.71 Å². The standard InChI is InChI=1S/C10H11N3O3/c1-6(9(14)15)13(2)10-12-7-4-3-5-11-8(7)16-10/h3-6H,1-2H3,(H,14,15). The van der Waals surface area contributed by atoms with Gasteiger partial charge >= 0.3 is 5.97 Å². The van der Waals surface area contributed by atoms with Gasteiger partial charge in [0.05, 0.1) is 0 Å². The summed E-state index contributed by atoms with van der Waals surface area (Å²) in [4.78, 5) is 20.4. The first-order valence-corrected chi connectivity index (χ1v) is 4.77. The van der Waals surface area contributed by atoms with Crippen molar-refractivity contribution in [1.29, 1.82) is 0 Å². The molecule has 1 atom stereocenters. The van der Waals surface area contributed by atoms with Crippen molar-refractivity contribution in [1.82, 2.24) is 9.97 Å². The number of carbonyl (C=O) groups is 1. The fraction of sp³-hybridized carbons (Fsp3) is 0.300. The van der Waals surface area contributed by atoms with E-state index in [2.05, 4.69) is 9.97 Å². The second-order valence-corrected chi connectivity index (χ2v) is 3.45. The Balaban J connectivity index is 2.36. The number of aromatic nitrogens is 2. The largest absolute Gasteiger partial charge is 0.480 e. The van der Waals surface area contributed by atoms with Gasteiger partial charge in [0.15, 0.2) is 0 Å². The molecular weight excluding hydrogens is 210 g/mol. The number of carboxylic acids is 1. The van der Waals surface area contributed by atoms with Crippen molar-refractivity contribution in [3.05, 3.63) is 18.3 Å². The van der Waals surface area contributed by atoms with Crippen molar-refractivity contribution in [2.24, 2.45) is 0 Å². The lowest BCUT2D eigenvalue weighted by molar-refractivity contribution is -0.138. The van der Waals surface area contributed by atoms with Gasteiger partial charge in [0.1, 0.15) is 11.6 Å². The lowest BCUT2D eigenvalue weighted by Gasteiger charge is -2.18. The quantitative estimate of drug-likeness (QED) is 0.836. The molecular formula is C10H11N3O3. The normalized spacial score (nSPS) is 12.6. The first-order chi connectivity index (χ1) is 7.59. The molecule has 0 aliphatic heterocycles. The summed E-state index contributed by atoms with van der Waals surface area (Å²) >= 11 is 0. The molecule has 0 bridgehead atoms. The highest BCUT2D eigenvalue weighted by Gasteiger charge is 2.21. The summed E-state index contributed by atoms with van der Waals surface area (Å²) < 4.78 is 5.34. The van der Waals surface area contributed by atoms with Gasteiger partial charge in [-0.15, -0.1) is 0 Å². The highest BCUT2D eigenvalue weighted by molar-refractivity contribution is 5.77. The average molecular weight is 221 g/mol. The smallest absolute Gasteiger partial charge is 0.326 e. The number of fused-ring (bicyclic) bond motifs is 1. The van der Waals surface area contributed by atoms with Crippen LogP contribution < -0.4 is 4.90 Å². The third-order valence-corrected chi connectivity index (χ3v) is 2.40. The van der Waals surface area contributed by atoms with E-state index in [1.54, 1.807) is 32.3 Å². The van der Waals surface area contributed by atoms with E-state index >= 15 is 0 Å². The monoisotopic (exact) mass is 221 g/mol. The number of pyridine rings is 1. The number of anilines is 1. The first kappa shape index (κ1) is 10.4. The SMILES string of the molecule is CC(C(=O)O)N(C)c1nc2cccnc2o1. The van der Waals surface area contributed by atoms with Gasteiger partial charge in [-0.2, -0.15) is 4.98 Å². The van der Waals surface area contributed by atoms with Gasteiger partial charge in [0, 0.05) is 13.2 Å². The van der Waals surface area contributed by atoms with Crippen LogP contribution in [0.25, 0.3) is 11.2 Å². The summed E-state index contributed by atoms with van der Waals surface area (Å²) in [5, 5.41) is 8.86. The topological polar surface area (TPSA) is 79.5 Å². The Morgan fingerprint density at radius 1 is 1.62 bits per heavy atom. The molecule has 2 aromatic heterocycles. The fourth-order valence-corrected chi connectivity index (χ4v) is 1.24. The van der Waals surface area contributed by atoms with Crippen LogP contribution in [0.2, 0.25) is 0 Å². The lowest BCUT2D eigenvalue weighted by Crippen LogP contribution is -2.35. The number of likely N-dealkylation sites (N-methyl/N-ethyl adjacent to an activating group) is 1. The molecule has 0 aromatic carbocycles. The maximum atomic E-state index is 10.8. The molecule has 1 N–H and O–H groups in total. The second-order valence-electron chi connectivity index (χ2n) is 3.45. The van der Waals surface area contributed by atoms with Crippen LogP contribution >= 0.6 is 0 Å². The average Bonchev–Trinajstić information content (AvgIpc) is 2.70. The number of hydrogen-bond acceptors (Lipinski definition) is 5. The summed E-state index contributed by atoms with van der Waals surface area (Å²) in [6, 6.07) is 3.06. The highest BCUT2D eigenvalue weighted by Crippen LogP contribution is 2.20. The van der Waals surface area contributed by atoms with E-state index in [9.17, 15) is 4.79 Å². The minimum atomic E-state index is -0.933. The van der Waals surface area contributed by atoms with Gasteiger partial charge < -0.3 is 14.4 Å². The summed E-state index contributed by atoms with van der Waals surface area (Å²) in [6.07, 6.45) is 1.60. The lowest BCUT2D eigenvalue weighted by atomic mass is 10.3. The Hall–Kier alpha value is -2.11. The van der Waals surface area contributed by atoms with E-state index in [1.165, 1.54) is 4.90 Å². The number of hydrogen-bond donors (Lipinski definition) is 1. The Morgan fingerprint density at radius 2 is 2.38 bits per heavy atom. The van der Waals surface area contributed by atoms with Crippen molar-refractivity contribution in [3.8, 4) is 0 Å². The summed E-state index contributed by atoms with van der Waals surface area (Å²) in [5.74, 6) is -0.933. The second kappa shape index (κ2) is 3.80. The maximum absolute atomic E-state index is 10.8. The molecule has 0 spiro atoms. The Kier molecular flexibility index (Phi) is 2.47. The van der Waals surface area contributed by atoms with Crippen LogP contribution in [-0.2, 0) is 4.79 Å². The Bertz CT molecular complexity index is 490. The molecule has 0 amide bonds. The van der Waals surface area contributed by atoms with E-state index in [0.717, 1.165) is 0 Å². The van der Waals surface area contributed by atoms with Gasteiger partial charge in [-0.05, 0) is 19.1 Å². The zero-order valence-corrected chi connectivity index (χ0v) is 8.91. The van der Waals surface area contributed by atoms with Crippen LogP contribution in [0.1, 0.15) is 6.92 Å². The molecule has 0 fully saturated rings. The van der Waals surface area contributed by atoms with Crippen LogP contribution in [0.4, 0.5) is 6.01 Å². The molecule has 0 aliphatic rings. The van der Waals surface area contributed by atoms with Crippen molar-refractivity contribution in [2.45, 2.75) is 13.0 Å². The minimum absolute atomic E-state index is 0.253. The van der Waals surface area contributed by atoms with Crippen molar-refractivity contribution in [2.75, 3.05) is 11.9 Å². The third kappa shape index (κ3) is 1.69. The predicted octanol–water partition coefficient (Wildman–Crippen LogP) is 1.13. The predicted molar refractivity (Wildman–Crippen MR) is 57.3 cm³/mol. The van der Waals surface area contributed by atoms with E-state index < -0.39 is 12.0 Å². The van der Waals surface area contributed by atoms with Gasteiger partial charge in [0.25, 0.3) is 6.01 Å². The molecule has 2 rings (SSSR count). The van der Waals surface area contributed by atoms with Gasteiger partial charge in [-0.3, -0.25) is 0 Å². The number of rotatable bonds is 3. The fourth-order valence-electron chi connectivity index (χ4n) is 1.24. The molecule has 0 radical (unpaired) electrons. The number of nitrogens with zero attached hydrogens (tertiary/aromatic N) is 3. The number of aliphatic carboxylic acids is 1. The van der Waals surface area contributed by atoms with Gasteiger partial charge in [-0.25, -0.2) is 9.78 Å². The summed E-state index contributed by atoms with van der Waals surface area (Å²) in [6.45, 7) is 1.56. The molecule has 0 aliphatic carbocycles. The molecule has 84 valence electrons. The minimum Gasteiger partial charge on any atom is -0.480 e. The van der Waals surface area contributed by atoms with Crippen molar-refractivity contribution >= 4 is 23.2 Å². The van der Waals surface area contributed by atoms with E-state index in [1.807, 2.05) is 0 Å². The number of carboxylic acid groups (broad SMARTS) is 1. The van der Waals surface area contributed by atoms with Crippen LogP contribution in [0.15, 0.2) is 22.7 Å². The zero-order chi connectivity index (χ0) is 11.7. The molecule has 6 nitrogen and oxygen atoms in total. The highest BCUT2D eigenvalue weighted by atomic mass is 16.4. The van der Waals surface area contributed by atoms with Gasteiger partial charge in [-0.1, -0.05) is 0 Å². The van der Waals surface area contributed by atoms with Crippen LogP contribution in [0.3, 0.4) is 0 Å². The molecule has 6 heteroatoms. The van der Waals surface area contributed by atoms with Crippen LogP contribution in [-0.4, -0.2) is 34.1 Å². The third-order valence-electron chi connectivity index (χ3n) is 2.40. The van der Waals surface area contributed by atoms with Crippen LogP contribution in [0.5, 0.6) is 0 Å².